The smallest absolute Gasteiger partial charge is 0.230 e. The first-order chi connectivity index (χ1) is 9.71. The lowest BCUT2D eigenvalue weighted by molar-refractivity contribution is -0.148. The second-order valence-electron chi connectivity index (χ2n) is 6.09. The topological polar surface area (TPSA) is 58.4 Å². The molecule has 1 spiro atoms. The van der Waals surface area contributed by atoms with Crippen molar-refractivity contribution in [2.24, 2.45) is 5.41 Å². The number of benzene rings is 1. The van der Waals surface area contributed by atoms with E-state index in [-0.39, 0.29) is 5.41 Å². The van der Waals surface area contributed by atoms with Crippen LogP contribution in [0.4, 0.5) is 5.69 Å². The Bertz CT molecular complexity index is 489. The largest absolute Gasteiger partial charge is 0.398 e. The highest BCUT2D eigenvalue weighted by atomic mass is 16.2. The third-order valence-electron chi connectivity index (χ3n) is 4.71. The molecule has 2 aliphatic rings. The molecule has 0 aliphatic carbocycles. The van der Waals surface area contributed by atoms with Gasteiger partial charge in [0, 0.05) is 25.3 Å². The summed E-state index contributed by atoms with van der Waals surface area (Å²) in [6.45, 7) is 3.38. The number of piperidine rings is 2. The van der Waals surface area contributed by atoms with E-state index in [2.05, 4.69) is 5.32 Å². The molecule has 1 amide bonds. The average molecular weight is 273 g/mol. The highest BCUT2D eigenvalue weighted by molar-refractivity contribution is 5.84. The predicted octanol–water partition coefficient (Wildman–Crippen LogP) is 1.76. The van der Waals surface area contributed by atoms with E-state index in [1.807, 2.05) is 29.2 Å². The number of hydrogen-bond acceptors (Lipinski definition) is 3. The Hall–Kier alpha value is -1.55. The van der Waals surface area contributed by atoms with Crippen molar-refractivity contribution in [1.29, 1.82) is 0 Å². The molecular weight excluding hydrogens is 250 g/mol. The number of para-hydroxylation sites is 1. The minimum Gasteiger partial charge on any atom is -0.398 e. The van der Waals surface area contributed by atoms with Gasteiger partial charge in [0.1, 0.15) is 0 Å². The van der Waals surface area contributed by atoms with Gasteiger partial charge in [-0.2, -0.15) is 0 Å². The number of rotatable bonds is 2. The number of nitrogens with one attached hydrogen (secondary N) is 1. The summed E-state index contributed by atoms with van der Waals surface area (Å²) in [5.74, 6) is 0.319. The summed E-state index contributed by atoms with van der Waals surface area (Å²) in [6, 6.07) is 7.84. The fourth-order valence-electron chi connectivity index (χ4n) is 3.55. The first-order valence-electron chi connectivity index (χ1n) is 7.55. The minimum atomic E-state index is -0.153. The van der Waals surface area contributed by atoms with Gasteiger partial charge >= 0.3 is 0 Å². The zero-order chi connectivity index (χ0) is 14.0. The molecule has 1 unspecified atom stereocenters. The van der Waals surface area contributed by atoms with Crippen LogP contribution in [0.2, 0.25) is 0 Å². The number of carbonyl (C=O) groups excluding carboxylic acids is 1. The Balaban J connectivity index is 1.77. The molecule has 3 rings (SSSR count). The Labute approximate surface area is 120 Å². The maximum atomic E-state index is 12.9. The Morgan fingerprint density at radius 3 is 2.80 bits per heavy atom. The number of nitrogens with two attached hydrogens (primary N) is 1. The van der Waals surface area contributed by atoms with E-state index >= 15 is 0 Å². The molecule has 0 aromatic heterocycles. The van der Waals surface area contributed by atoms with Crippen LogP contribution in [0.25, 0.3) is 0 Å². The first kappa shape index (κ1) is 13.4. The first-order valence-corrected chi connectivity index (χ1v) is 7.55. The molecular formula is C16H23N3O. The van der Waals surface area contributed by atoms with Crippen LogP contribution in [0.1, 0.15) is 31.2 Å². The summed E-state index contributed by atoms with van der Waals surface area (Å²) in [7, 11) is 0. The van der Waals surface area contributed by atoms with Gasteiger partial charge in [-0.1, -0.05) is 18.2 Å². The quantitative estimate of drug-likeness (QED) is 0.807. The van der Waals surface area contributed by atoms with Crippen LogP contribution in [-0.4, -0.2) is 30.4 Å². The lowest BCUT2D eigenvalue weighted by Gasteiger charge is -2.44. The van der Waals surface area contributed by atoms with Crippen molar-refractivity contribution < 1.29 is 4.79 Å². The fourth-order valence-corrected chi connectivity index (χ4v) is 3.55. The third-order valence-corrected chi connectivity index (χ3v) is 4.71. The number of carbonyl (C=O) groups is 1. The SMILES string of the molecule is Nc1ccccc1CN1CCCC2(CCCNC2)C1=O. The summed E-state index contributed by atoms with van der Waals surface area (Å²) < 4.78 is 0. The van der Waals surface area contributed by atoms with E-state index in [1.54, 1.807) is 0 Å². The van der Waals surface area contributed by atoms with E-state index in [1.165, 1.54) is 0 Å². The molecule has 4 heteroatoms. The standard InChI is InChI=1S/C16H23N3O/c17-14-6-2-1-5-13(14)11-19-10-4-8-16(15(19)20)7-3-9-18-12-16/h1-2,5-6,18H,3-4,7-12,17H2. The number of hydrogen-bond donors (Lipinski definition) is 2. The predicted molar refractivity (Wildman–Crippen MR) is 80.0 cm³/mol. The van der Waals surface area contributed by atoms with Crippen molar-refractivity contribution >= 4 is 11.6 Å². The summed E-state index contributed by atoms with van der Waals surface area (Å²) in [6.07, 6.45) is 4.26. The highest BCUT2D eigenvalue weighted by Crippen LogP contribution is 2.37. The van der Waals surface area contributed by atoms with Gasteiger partial charge in [-0.05, 0) is 43.9 Å². The lowest BCUT2D eigenvalue weighted by atomic mass is 9.73. The van der Waals surface area contributed by atoms with Crippen LogP contribution in [0, 0.1) is 5.41 Å². The Kier molecular flexibility index (Phi) is 3.66. The van der Waals surface area contributed by atoms with Gasteiger partial charge in [-0.15, -0.1) is 0 Å². The van der Waals surface area contributed by atoms with E-state index in [4.69, 9.17) is 5.73 Å². The van der Waals surface area contributed by atoms with E-state index in [0.29, 0.717) is 12.5 Å². The summed E-state index contributed by atoms with van der Waals surface area (Å²) in [4.78, 5) is 14.9. The van der Waals surface area contributed by atoms with Gasteiger partial charge < -0.3 is 16.0 Å². The summed E-state index contributed by atoms with van der Waals surface area (Å²) >= 11 is 0. The second-order valence-corrected chi connectivity index (χ2v) is 6.09. The van der Waals surface area contributed by atoms with E-state index in [9.17, 15) is 4.79 Å². The van der Waals surface area contributed by atoms with E-state index < -0.39 is 0 Å². The van der Waals surface area contributed by atoms with Crippen molar-refractivity contribution in [2.75, 3.05) is 25.4 Å². The van der Waals surface area contributed by atoms with Crippen LogP contribution in [0.5, 0.6) is 0 Å². The minimum absolute atomic E-state index is 0.153. The normalized spacial score (nSPS) is 27.0. The van der Waals surface area contributed by atoms with Crippen LogP contribution >= 0.6 is 0 Å². The Morgan fingerprint density at radius 2 is 2.05 bits per heavy atom. The van der Waals surface area contributed by atoms with Crippen LogP contribution in [0.15, 0.2) is 24.3 Å². The van der Waals surface area contributed by atoms with Crippen LogP contribution < -0.4 is 11.1 Å². The van der Waals surface area contributed by atoms with Gasteiger partial charge in [0.15, 0.2) is 0 Å². The molecule has 3 N–H and O–H groups in total. The lowest BCUT2D eigenvalue weighted by Crippen LogP contribution is -2.54. The maximum Gasteiger partial charge on any atom is 0.230 e. The van der Waals surface area contributed by atoms with Crippen molar-refractivity contribution in [3.05, 3.63) is 29.8 Å². The fraction of sp³-hybridized carbons (Fsp3) is 0.562. The van der Waals surface area contributed by atoms with Crippen LogP contribution in [-0.2, 0) is 11.3 Å². The number of amides is 1. The van der Waals surface area contributed by atoms with Gasteiger partial charge in [0.25, 0.3) is 0 Å². The monoisotopic (exact) mass is 273 g/mol. The third kappa shape index (κ3) is 2.40. The van der Waals surface area contributed by atoms with Crippen molar-refractivity contribution in [3.63, 3.8) is 0 Å². The Morgan fingerprint density at radius 1 is 1.25 bits per heavy atom. The molecule has 2 fully saturated rings. The molecule has 2 heterocycles. The number of nitrogen functional groups attached to an aromatic ring is 1. The highest BCUT2D eigenvalue weighted by Gasteiger charge is 2.44. The number of nitrogens with zero attached hydrogens (tertiary/aromatic N) is 1. The van der Waals surface area contributed by atoms with Crippen molar-refractivity contribution in [1.82, 2.24) is 10.2 Å². The molecule has 2 saturated heterocycles. The van der Waals surface area contributed by atoms with Crippen molar-refractivity contribution in [3.8, 4) is 0 Å². The number of anilines is 1. The zero-order valence-corrected chi connectivity index (χ0v) is 11.9. The van der Waals surface area contributed by atoms with Gasteiger partial charge in [0.2, 0.25) is 5.91 Å². The summed E-state index contributed by atoms with van der Waals surface area (Å²) in [5, 5.41) is 3.40. The molecule has 0 radical (unpaired) electrons. The molecule has 1 aromatic rings. The van der Waals surface area contributed by atoms with Crippen molar-refractivity contribution in [2.45, 2.75) is 32.2 Å². The molecule has 1 aromatic carbocycles. The maximum absolute atomic E-state index is 12.9. The van der Waals surface area contributed by atoms with Gasteiger partial charge in [-0.25, -0.2) is 0 Å². The molecule has 2 aliphatic heterocycles. The molecule has 108 valence electrons. The zero-order valence-electron chi connectivity index (χ0n) is 11.9. The molecule has 0 bridgehead atoms. The summed E-state index contributed by atoms with van der Waals surface area (Å²) in [5.41, 5.74) is 7.69. The molecule has 4 nitrogen and oxygen atoms in total. The number of likely N-dealkylation sites (tertiary alicyclic amines) is 1. The van der Waals surface area contributed by atoms with Gasteiger partial charge in [-0.3, -0.25) is 4.79 Å². The van der Waals surface area contributed by atoms with E-state index in [0.717, 1.165) is 56.6 Å². The van der Waals surface area contributed by atoms with Crippen LogP contribution in [0.3, 0.4) is 0 Å². The molecule has 1 atom stereocenters. The second kappa shape index (κ2) is 5.44. The molecule has 20 heavy (non-hydrogen) atoms. The van der Waals surface area contributed by atoms with Gasteiger partial charge in [0.05, 0.1) is 5.41 Å². The molecule has 0 saturated carbocycles. The average Bonchev–Trinajstić information content (AvgIpc) is 2.47.